The van der Waals surface area contributed by atoms with Gasteiger partial charge < -0.3 is 15.0 Å². The smallest absolute Gasteiger partial charge is 0.308 e. The standard InChI is InChI=1S/C31H27FN4O5S2/c1-34(2)20-10-4-17(5-11-20)24-25-26(29(39)36(28(25)38)21-12-14-22(41-3)15-13-21)42-30-27(24)43-31(40)35(30)16-23(37)33-19-8-6-18(32)7-9-19/h4-15,24-26H,16H2,1-3H3,(H,33,37)/t24-,25?,26?/m1/s1. The summed E-state index contributed by atoms with van der Waals surface area (Å²) in [6, 6.07) is 19.8. The van der Waals surface area contributed by atoms with Gasteiger partial charge in [-0.05, 0) is 66.2 Å². The lowest BCUT2D eigenvalue weighted by molar-refractivity contribution is -0.122. The van der Waals surface area contributed by atoms with E-state index in [1.54, 1.807) is 24.3 Å². The fourth-order valence-electron chi connectivity index (χ4n) is 5.46. The molecule has 3 amide bonds. The second-order valence-electron chi connectivity index (χ2n) is 10.4. The Hall–Kier alpha value is -4.42. The van der Waals surface area contributed by atoms with Crippen LogP contribution in [0.25, 0.3) is 0 Å². The summed E-state index contributed by atoms with van der Waals surface area (Å²) in [5.74, 6) is -2.37. The summed E-state index contributed by atoms with van der Waals surface area (Å²) in [5, 5.41) is 2.37. The van der Waals surface area contributed by atoms with Gasteiger partial charge in [-0.25, -0.2) is 9.29 Å². The fraction of sp³-hybridized carbons (Fsp3) is 0.226. The minimum Gasteiger partial charge on any atom is -0.497 e. The predicted molar refractivity (Wildman–Crippen MR) is 165 cm³/mol. The number of aromatic nitrogens is 1. The Labute approximate surface area is 254 Å². The van der Waals surface area contributed by atoms with Crippen LogP contribution in [0.2, 0.25) is 0 Å². The minimum absolute atomic E-state index is 0.303. The van der Waals surface area contributed by atoms with Gasteiger partial charge in [-0.15, -0.1) is 0 Å². The Morgan fingerprint density at radius 1 is 0.953 bits per heavy atom. The summed E-state index contributed by atoms with van der Waals surface area (Å²) >= 11 is 2.13. The molecule has 1 saturated heterocycles. The zero-order valence-corrected chi connectivity index (χ0v) is 25.1. The quantitative estimate of drug-likeness (QED) is 0.303. The number of carbonyl (C=O) groups excluding carboxylic acids is 3. The third kappa shape index (κ3) is 5.21. The van der Waals surface area contributed by atoms with Crippen molar-refractivity contribution in [2.75, 3.05) is 36.3 Å². The van der Waals surface area contributed by atoms with E-state index in [4.69, 9.17) is 4.74 Å². The van der Waals surface area contributed by atoms with E-state index in [-0.39, 0.29) is 23.2 Å². The molecule has 0 spiro atoms. The number of halogens is 1. The van der Waals surface area contributed by atoms with Crippen LogP contribution in [-0.4, -0.2) is 48.7 Å². The van der Waals surface area contributed by atoms with Crippen molar-refractivity contribution in [1.82, 2.24) is 4.57 Å². The van der Waals surface area contributed by atoms with E-state index in [0.29, 0.717) is 27.0 Å². The first-order valence-electron chi connectivity index (χ1n) is 13.4. The average molecular weight is 619 g/mol. The van der Waals surface area contributed by atoms with Crippen LogP contribution in [0.3, 0.4) is 0 Å². The van der Waals surface area contributed by atoms with Crippen LogP contribution in [-0.2, 0) is 20.9 Å². The molecule has 1 N–H and O–H groups in total. The molecule has 1 aromatic heterocycles. The van der Waals surface area contributed by atoms with Crippen LogP contribution in [0, 0.1) is 11.7 Å². The van der Waals surface area contributed by atoms with Crippen LogP contribution in [0.1, 0.15) is 16.4 Å². The molecule has 0 saturated carbocycles. The lowest BCUT2D eigenvalue weighted by Crippen LogP contribution is -2.33. The summed E-state index contributed by atoms with van der Waals surface area (Å²) in [7, 11) is 5.39. The molecule has 2 aliphatic heterocycles. The molecule has 0 aliphatic carbocycles. The number of fused-ring (bicyclic) bond motifs is 2. The molecule has 0 bridgehead atoms. The zero-order chi connectivity index (χ0) is 30.4. The number of anilines is 3. The van der Waals surface area contributed by atoms with Gasteiger partial charge in [0.05, 0.1) is 23.7 Å². The predicted octanol–water partition coefficient (Wildman–Crippen LogP) is 4.56. The van der Waals surface area contributed by atoms with E-state index in [1.807, 2.05) is 43.3 Å². The number of hydrogen-bond donors (Lipinski definition) is 1. The summed E-state index contributed by atoms with van der Waals surface area (Å²) in [4.78, 5) is 57.7. The molecular formula is C31H27FN4O5S2. The van der Waals surface area contributed by atoms with Crippen molar-refractivity contribution in [3.8, 4) is 5.75 Å². The van der Waals surface area contributed by atoms with Crippen molar-refractivity contribution < 1.29 is 23.5 Å². The zero-order valence-electron chi connectivity index (χ0n) is 23.4. The highest BCUT2D eigenvalue weighted by Gasteiger charge is 2.56. The maximum Gasteiger partial charge on any atom is 0.308 e. The number of thioether (sulfide) groups is 1. The SMILES string of the molecule is COc1ccc(N2C(=O)C3Sc4c(sc(=O)n4CC(=O)Nc4ccc(F)cc4)[C@H](c4ccc(N(C)C)cc4)C3C2=O)cc1. The van der Waals surface area contributed by atoms with Crippen LogP contribution in [0.4, 0.5) is 21.5 Å². The number of benzene rings is 3. The Bertz CT molecular complexity index is 1770. The van der Waals surface area contributed by atoms with E-state index in [0.717, 1.165) is 34.3 Å². The van der Waals surface area contributed by atoms with E-state index < -0.39 is 28.8 Å². The number of hydrogen-bond acceptors (Lipinski definition) is 8. The van der Waals surface area contributed by atoms with Gasteiger partial charge in [0, 0.05) is 36.3 Å². The Morgan fingerprint density at radius 2 is 1.63 bits per heavy atom. The third-order valence-corrected chi connectivity index (χ3v) is 10.2. The number of carbonyl (C=O) groups is 3. The lowest BCUT2D eigenvalue weighted by atomic mass is 9.83. The first kappa shape index (κ1) is 28.7. The van der Waals surface area contributed by atoms with Gasteiger partial charge in [-0.2, -0.15) is 0 Å². The maximum atomic E-state index is 14.1. The van der Waals surface area contributed by atoms with E-state index >= 15 is 0 Å². The highest BCUT2D eigenvalue weighted by Crippen LogP contribution is 2.54. The molecule has 9 nitrogen and oxygen atoms in total. The number of nitrogens with zero attached hydrogens (tertiary/aromatic N) is 3. The molecule has 1 fully saturated rings. The summed E-state index contributed by atoms with van der Waals surface area (Å²) in [6.07, 6.45) is 0. The van der Waals surface area contributed by atoms with Gasteiger partial charge in [0.15, 0.2) is 0 Å². The van der Waals surface area contributed by atoms with Gasteiger partial charge in [0.2, 0.25) is 17.7 Å². The molecule has 3 aromatic carbocycles. The number of amides is 3. The second-order valence-corrected chi connectivity index (χ2v) is 12.5. The number of ether oxygens (including phenoxy) is 1. The molecule has 2 aliphatic rings. The first-order chi connectivity index (χ1) is 20.7. The molecule has 4 aromatic rings. The number of thiazole rings is 1. The summed E-state index contributed by atoms with van der Waals surface area (Å²) in [6.45, 7) is -0.303. The van der Waals surface area contributed by atoms with Gasteiger partial charge >= 0.3 is 4.87 Å². The Morgan fingerprint density at radius 3 is 2.26 bits per heavy atom. The van der Waals surface area contributed by atoms with Crippen LogP contribution in [0.15, 0.2) is 82.6 Å². The number of nitrogens with one attached hydrogen (secondary N) is 1. The summed E-state index contributed by atoms with van der Waals surface area (Å²) < 4.78 is 19.9. The maximum absolute atomic E-state index is 14.1. The Kier molecular flexibility index (Phi) is 7.57. The van der Waals surface area contributed by atoms with E-state index in [1.165, 1.54) is 40.8 Å². The largest absolute Gasteiger partial charge is 0.497 e. The molecule has 220 valence electrons. The van der Waals surface area contributed by atoms with E-state index in [9.17, 15) is 23.6 Å². The molecule has 3 heterocycles. The first-order valence-corrected chi connectivity index (χ1v) is 15.1. The molecule has 0 radical (unpaired) electrons. The normalized spacial score (nSPS) is 19.2. The molecular weight excluding hydrogens is 591 g/mol. The van der Waals surface area contributed by atoms with Gasteiger partial charge in [-0.3, -0.25) is 23.7 Å². The van der Waals surface area contributed by atoms with Crippen molar-refractivity contribution in [1.29, 1.82) is 0 Å². The fourth-order valence-corrected chi connectivity index (χ4v) is 8.23. The molecule has 2 unspecified atom stereocenters. The number of imide groups is 1. The van der Waals surface area contributed by atoms with Crippen molar-refractivity contribution in [2.45, 2.75) is 22.7 Å². The van der Waals surface area contributed by atoms with Gasteiger partial charge in [0.25, 0.3) is 0 Å². The average Bonchev–Trinajstić information content (AvgIpc) is 3.44. The molecule has 43 heavy (non-hydrogen) atoms. The van der Waals surface area contributed by atoms with Crippen molar-refractivity contribution in [3.63, 3.8) is 0 Å². The molecule has 12 heteroatoms. The van der Waals surface area contributed by atoms with Crippen LogP contribution in [0.5, 0.6) is 5.75 Å². The van der Waals surface area contributed by atoms with Crippen molar-refractivity contribution in [2.24, 2.45) is 5.92 Å². The number of methoxy groups -OCH3 is 1. The molecule has 3 atom stereocenters. The van der Waals surface area contributed by atoms with Crippen LogP contribution < -0.4 is 24.7 Å². The Balaban J connectivity index is 1.40. The second kappa shape index (κ2) is 11.3. The monoisotopic (exact) mass is 618 g/mol. The minimum atomic E-state index is -0.805. The van der Waals surface area contributed by atoms with Crippen molar-refractivity contribution in [3.05, 3.63) is 98.7 Å². The lowest BCUT2D eigenvalue weighted by Gasteiger charge is -2.31. The number of rotatable bonds is 7. The topological polar surface area (TPSA) is 101 Å². The summed E-state index contributed by atoms with van der Waals surface area (Å²) in [5.41, 5.74) is 2.58. The van der Waals surface area contributed by atoms with Gasteiger partial charge in [0.1, 0.15) is 23.4 Å². The van der Waals surface area contributed by atoms with Gasteiger partial charge in [-0.1, -0.05) is 35.2 Å². The third-order valence-electron chi connectivity index (χ3n) is 7.58. The molecule has 6 rings (SSSR count). The van der Waals surface area contributed by atoms with Crippen LogP contribution >= 0.6 is 23.1 Å². The van der Waals surface area contributed by atoms with E-state index in [2.05, 4.69) is 5.32 Å². The highest BCUT2D eigenvalue weighted by atomic mass is 32.2. The van der Waals surface area contributed by atoms with Crippen molar-refractivity contribution >= 4 is 57.9 Å². The highest BCUT2D eigenvalue weighted by molar-refractivity contribution is 8.00.